The van der Waals surface area contributed by atoms with Crippen LogP contribution < -0.4 is 4.74 Å². The lowest BCUT2D eigenvalue weighted by Gasteiger charge is -2.04. The molecule has 0 aromatic heterocycles. The first-order valence-corrected chi connectivity index (χ1v) is 6.00. The molecule has 4 heteroatoms. The molecule has 0 radical (unpaired) electrons. The van der Waals surface area contributed by atoms with Crippen molar-refractivity contribution >= 4 is 11.9 Å². The van der Waals surface area contributed by atoms with E-state index in [-0.39, 0.29) is 11.3 Å². The summed E-state index contributed by atoms with van der Waals surface area (Å²) >= 11 is 0. The summed E-state index contributed by atoms with van der Waals surface area (Å²) in [6, 6.07) is 11.5. The van der Waals surface area contributed by atoms with E-state index in [9.17, 15) is 15.0 Å². The van der Waals surface area contributed by atoms with Gasteiger partial charge in [0.25, 0.3) is 0 Å². The van der Waals surface area contributed by atoms with Gasteiger partial charge in [0.05, 0.1) is 12.7 Å². The van der Waals surface area contributed by atoms with Gasteiger partial charge in [-0.15, -0.1) is 0 Å². The molecule has 0 unspecified atom stereocenters. The van der Waals surface area contributed by atoms with Gasteiger partial charge in [-0.05, 0) is 30.4 Å². The van der Waals surface area contributed by atoms with Crippen LogP contribution in [-0.4, -0.2) is 23.1 Å². The van der Waals surface area contributed by atoms with Crippen LogP contribution in [0.2, 0.25) is 0 Å². The fourth-order valence-electron chi connectivity index (χ4n) is 1.79. The number of allylic oxidation sites excluding steroid dienone is 1. The zero-order valence-electron chi connectivity index (χ0n) is 10.9. The van der Waals surface area contributed by atoms with Crippen molar-refractivity contribution in [1.82, 2.24) is 0 Å². The van der Waals surface area contributed by atoms with Gasteiger partial charge in [-0.3, -0.25) is 4.79 Å². The van der Waals surface area contributed by atoms with E-state index in [1.807, 2.05) is 18.2 Å². The molecule has 20 heavy (non-hydrogen) atoms. The highest BCUT2D eigenvalue weighted by molar-refractivity contribution is 6.09. The fraction of sp³-hybridized carbons (Fsp3) is 0.0625. The molecule has 2 rings (SSSR count). The molecule has 2 aromatic rings. The third-order valence-corrected chi connectivity index (χ3v) is 2.83. The summed E-state index contributed by atoms with van der Waals surface area (Å²) in [5.41, 5.74) is 0.805. The van der Waals surface area contributed by atoms with Crippen molar-refractivity contribution in [2.45, 2.75) is 0 Å². The molecule has 0 atom stereocenters. The Morgan fingerprint density at radius 1 is 1.10 bits per heavy atom. The average Bonchev–Trinajstić information content (AvgIpc) is 2.48. The molecule has 0 saturated heterocycles. The Kier molecular flexibility index (Phi) is 4.05. The summed E-state index contributed by atoms with van der Waals surface area (Å²) in [5.74, 6) is -0.482. The molecule has 0 aliphatic rings. The van der Waals surface area contributed by atoms with E-state index in [1.165, 1.54) is 24.3 Å². The van der Waals surface area contributed by atoms with E-state index in [0.29, 0.717) is 5.75 Å². The molecule has 0 heterocycles. The molecular weight excluding hydrogens is 256 g/mol. The molecule has 2 aromatic carbocycles. The largest absolute Gasteiger partial charge is 0.504 e. The number of phenolic OH excluding ortho intramolecular Hbond substituents is 2. The number of carbonyl (C=O) groups excluding carboxylic acids is 1. The number of hydrogen-bond donors (Lipinski definition) is 2. The maximum atomic E-state index is 12.0. The van der Waals surface area contributed by atoms with Crippen LogP contribution in [0.5, 0.6) is 17.2 Å². The van der Waals surface area contributed by atoms with Gasteiger partial charge in [-0.2, -0.15) is 0 Å². The summed E-state index contributed by atoms with van der Waals surface area (Å²) in [6.07, 6.45) is 2.93. The topological polar surface area (TPSA) is 66.8 Å². The lowest BCUT2D eigenvalue weighted by molar-refractivity contribution is 0.104. The number of phenols is 2. The minimum absolute atomic E-state index is 0.0520. The first-order valence-electron chi connectivity index (χ1n) is 6.00. The maximum absolute atomic E-state index is 12.0. The molecule has 0 fully saturated rings. The van der Waals surface area contributed by atoms with Gasteiger partial charge >= 0.3 is 0 Å². The zero-order chi connectivity index (χ0) is 14.5. The molecule has 2 N–H and O–H groups in total. The van der Waals surface area contributed by atoms with Crippen LogP contribution in [0.25, 0.3) is 6.08 Å². The van der Waals surface area contributed by atoms with Gasteiger partial charge in [-0.1, -0.05) is 24.3 Å². The lowest BCUT2D eigenvalue weighted by atomic mass is 10.1. The first kappa shape index (κ1) is 13.7. The van der Waals surface area contributed by atoms with E-state index >= 15 is 0 Å². The van der Waals surface area contributed by atoms with Crippen molar-refractivity contribution in [3.8, 4) is 17.2 Å². The van der Waals surface area contributed by atoms with Crippen LogP contribution in [0.3, 0.4) is 0 Å². The number of methoxy groups -OCH3 is 1. The Morgan fingerprint density at radius 2 is 1.85 bits per heavy atom. The monoisotopic (exact) mass is 270 g/mol. The molecule has 0 amide bonds. The van der Waals surface area contributed by atoms with E-state index in [2.05, 4.69) is 0 Å². The third-order valence-electron chi connectivity index (χ3n) is 2.83. The Morgan fingerprint density at radius 3 is 2.60 bits per heavy atom. The van der Waals surface area contributed by atoms with Crippen molar-refractivity contribution in [1.29, 1.82) is 0 Å². The summed E-state index contributed by atoms with van der Waals surface area (Å²) in [5, 5.41) is 19.0. The third kappa shape index (κ3) is 2.80. The average molecular weight is 270 g/mol. The van der Waals surface area contributed by atoms with Gasteiger partial charge < -0.3 is 14.9 Å². The van der Waals surface area contributed by atoms with Crippen molar-refractivity contribution in [3.63, 3.8) is 0 Å². The number of ketones is 1. The number of para-hydroxylation sites is 2. The highest BCUT2D eigenvalue weighted by atomic mass is 16.5. The van der Waals surface area contributed by atoms with Gasteiger partial charge in [0.15, 0.2) is 17.3 Å². The van der Waals surface area contributed by atoms with Crippen LogP contribution in [0.4, 0.5) is 0 Å². The van der Waals surface area contributed by atoms with Gasteiger partial charge in [0, 0.05) is 5.56 Å². The van der Waals surface area contributed by atoms with Crippen LogP contribution in [0.15, 0.2) is 48.5 Å². The van der Waals surface area contributed by atoms with E-state index in [0.717, 1.165) is 5.56 Å². The molecule has 0 spiro atoms. The molecule has 4 nitrogen and oxygen atoms in total. The van der Waals surface area contributed by atoms with Crippen LogP contribution in [-0.2, 0) is 0 Å². The maximum Gasteiger partial charge on any atom is 0.189 e. The van der Waals surface area contributed by atoms with Crippen LogP contribution >= 0.6 is 0 Å². The fourth-order valence-corrected chi connectivity index (χ4v) is 1.79. The Bertz CT molecular complexity index is 659. The summed E-state index contributed by atoms with van der Waals surface area (Å²) in [7, 11) is 1.55. The van der Waals surface area contributed by atoms with Gasteiger partial charge in [0.2, 0.25) is 0 Å². The normalized spacial score (nSPS) is 10.7. The number of aromatic hydroxyl groups is 2. The minimum Gasteiger partial charge on any atom is -0.504 e. The second-order valence-corrected chi connectivity index (χ2v) is 4.11. The molecule has 0 bridgehead atoms. The number of ether oxygens (including phenoxy) is 1. The molecule has 102 valence electrons. The van der Waals surface area contributed by atoms with E-state index in [1.54, 1.807) is 19.3 Å². The second-order valence-electron chi connectivity index (χ2n) is 4.11. The first-order chi connectivity index (χ1) is 9.63. The Labute approximate surface area is 116 Å². The minimum atomic E-state index is -0.415. The predicted octanol–water partition coefficient (Wildman–Crippen LogP) is 3.00. The second kappa shape index (κ2) is 5.93. The Hall–Kier alpha value is -2.75. The highest BCUT2D eigenvalue weighted by Crippen LogP contribution is 2.29. The summed E-state index contributed by atoms with van der Waals surface area (Å²) in [4.78, 5) is 12.0. The van der Waals surface area contributed by atoms with Crippen LogP contribution in [0.1, 0.15) is 15.9 Å². The Balaban J connectivity index is 2.27. The van der Waals surface area contributed by atoms with Crippen molar-refractivity contribution < 1.29 is 19.7 Å². The van der Waals surface area contributed by atoms with Crippen molar-refractivity contribution in [2.24, 2.45) is 0 Å². The summed E-state index contributed by atoms with van der Waals surface area (Å²) < 4.78 is 5.17. The van der Waals surface area contributed by atoms with Crippen LogP contribution in [0, 0.1) is 0 Å². The predicted molar refractivity (Wildman–Crippen MR) is 76.1 cm³/mol. The summed E-state index contributed by atoms with van der Waals surface area (Å²) in [6.45, 7) is 0. The van der Waals surface area contributed by atoms with E-state index in [4.69, 9.17) is 4.74 Å². The number of hydrogen-bond acceptors (Lipinski definition) is 4. The van der Waals surface area contributed by atoms with Crippen molar-refractivity contribution in [3.05, 3.63) is 59.7 Å². The number of benzene rings is 2. The molecule has 0 saturated carbocycles. The molecule has 0 aliphatic heterocycles. The molecular formula is C16H14O4. The number of carbonyl (C=O) groups is 1. The quantitative estimate of drug-likeness (QED) is 0.509. The van der Waals surface area contributed by atoms with E-state index < -0.39 is 11.5 Å². The smallest absolute Gasteiger partial charge is 0.189 e. The molecule has 0 aliphatic carbocycles. The van der Waals surface area contributed by atoms with Gasteiger partial charge in [0.1, 0.15) is 5.75 Å². The lowest BCUT2D eigenvalue weighted by Crippen LogP contribution is -1.95. The zero-order valence-corrected chi connectivity index (χ0v) is 10.9. The highest BCUT2D eigenvalue weighted by Gasteiger charge is 2.11. The van der Waals surface area contributed by atoms with Gasteiger partial charge in [-0.25, -0.2) is 0 Å². The SMILES string of the molecule is COc1ccccc1/C=C/C(=O)c1cccc(O)c1O. The number of rotatable bonds is 4. The standard InChI is InChI=1S/C16H14O4/c1-20-15-8-3-2-5-11(15)9-10-13(17)12-6-4-7-14(18)16(12)19/h2-10,18-19H,1H3/b10-9+. The van der Waals surface area contributed by atoms with Crippen molar-refractivity contribution in [2.75, 3.05) is 7.11 Å².